The minimum atomic E-state index is -0.208. The summed E-state index contributed by atoms with van der Waals surface area (Å²) in [6.45, 7) is 10.5. The van der Waals surface area contributed by atoms with Crippen LogP contribution in [0, 0.1) is 0 Å². The van der Waals surface area contributed by atoms with E-state index in [1.807, 2.05) is 0 Å². The van der Waals surface area contributed by atoms with Gasteiger partial charge in [-0.1, -0.05) is 12.1 Å². The van der Waals surface area contributed by atoms with E-state index in [1.54, 1.807) is 18.2 Å². The van der Waals surface area contributed by atoms with Crippen molar-refractivity contribution in [3.05, 3.63) is 24.3 Å². The molecule has 0 saturated carbocycles. The van der Waals surface area contributed by atoms with Gasteiger partial charge in [-0.3, -0.25) is 9.69 Å². The molecule has 6 heteroatoms. The van der Waals surface area contributed by atoms with Crippen LogP contribution < -0.4 is 10.1 Å². The molecule has 1 aromatic rings. The van der Waals surface area contributed by atoms with E-state index in [1.165, 1.54) is 6.07 Å². The smallest absolute Gasteiger partial charge is 0.258 e. The van der Waals surface area contributed by atoms with Gasteiger partial charge in [-0.2, -0.15) is 0 Å². The highest BCUT2D eigenvalue weighted by Crippen LogP contribution is 2.24. The van der Waals surface area contributed by atoms with Gasteiger partial charge in [0.2, 0.25) is 0 Å². The van der Waals surface area contributed by atoms with Crippen molar-refractivity contribution in [2.45, 2.75) is 45.4 Å². The summed E-state index contributed by atoms with van der Waals surface area (Å²) in [6, 6.07) is 6.60. The van der Waals surface area contributed by atoms with Crippen LogP contribution in [0.15, 0.2) is 24.3 Å². The fraction of sp³-hybridized carbons (Fsp3) is 0.611. The Morgan fingerprint density at radius 3 is 2.58 bits per heavy atom. The quantitative estimate of drug-likeness (QED) is 0.828. The number of benzene rings is 1. The van der Waals surface area contributed by atoms with Crippen molar-refractivity contribution in [2.24, 2.45) is 0 Å². The zero-order chi connectivity index (χ0) is 17.7. The number of hydrogen-bond donors (Lipinski definition) is 2. The molecule has 0 radical (unpaired) electrons. The molecule has 1 aliphatic rings. The maximum atomic E-state index is 12.0. The monoisotopic (exact) mass is 336 g/mol. The Bertz CT molecular complexity index is 552. The highest BCUT2D eigenvalue weighted by atomic mass is 16.5. The summed E-state index contributed by atoms with van der Waals surface area (Å²) < 4.78 is 11.1. The van der Waals surface area contributed by atoms with E-state index in [0.717, 1.165) is 13.1 Å². The van der Waals surface area contributed by atoms with Gasteiger partial charge >= 0.3 is 0 Å². The summed E-state index contributed by atoms with van der Waals surface area (Å²) in [5.74, 6) is 0.130. The Hall–Kier alpha value is -1.79. The van der Waals surface area contributed by atoms with E-state index >= 15 is 0 Å². The number of rotatable bonds is 6. The van der Waals surface area contributed by atoms with Gasteiger partial charge in [0.15, 0.2) is 18.1 Å². The van der Waals surface area contributed by atoms with Crippen LogP contribution in [0.25, 0.3) is 0 Å². The van der Waals surface area contributed by atoms with E-state index in [2.05, 4.69) is 37.9 Å². The van der Waals surface area contributed by atoms with Crippen LogP contribution >= 0.6 is 0 Å². The first-order valence-electron chi connectivity index (χ1n) is 8.36. The number of carbonyl (C=O) groups is 1. The molecule has 1 heterocycles. The molecule has 1 aliphatic heterocycles. The van der Waals surface area contributed by atoms with Gasteiger partial charge in [-0.25, -0.2) is 0 Å². The maximum Gasteiger partial charge on any atom is 0.258 e. The highest BCUT2D eigenvalue weighted by Gasteiger charge is 2.33. The Balaban J connectivity index is 1.80. The molecule has 2 atom stereocenters. The number of nitrogens with zero attached hydrogens (tertiary/aromatic N) is 1. The normalized spacial score (nSPS) is 22.2. The van der Waals surface area contributed by atoms with E-state index in [9.17, 15) is 9.90 Å². The predicted molar refractivity (Wildman–Crippen MR) is 92.3 cm³/mol. The largest absolute Gasteiger partial charge is 0.504 e. The number of phenolic OH excluding ortho intramolecular Hbond substituents is 1. The van der Waals surface area contributed by atoms with Crippen LogP contribution in [-0.4, -0.2) is 59.9 Å². The molecule has 134 valence electrons. The first-order valence-corrected chi connectivity index (χ1v) is 8.36. The minimum absolute atomic E-state index is 0.0296. The molecule has 2 rings (SSSR count). The average Bonchev–Trinajstić information content (AvgIpc) is 2.51. The molecule has 0 bridgehead atoms. The lowest BCUT2D eigenvalue weighted by Crippen LogP contribution is -2.58. The van der Waals surface area contributed by atoms with Crippen LogP contribution in [0.4, 0.5) is 0 Å². The van der Waals surface area contributed by atoms with Crippen molar-refractivity contribution in [1.29, 1.82) is 0 Å². The van der Waals surface area contributed by atoms with Gasteiger partial charge in [0.25, 0.3) is 5.91 Å². The van der Waals surface area contributed by atoms with Gasteiger partial charge in [-0.15, -0.1) is 0 Å². The minimum Gasteiger partial charge on any atom is -0.504 e. The zero-order valence-electron chi connectivity index (χ0n) is 14.9. The zero-order valence-corrected chi connectivity index (χ0v) is 14.9. The van der Waals surface area contributed by atoms with Gasteiger partial charge in [0.05, 0.1) is 12.2 Å². The van der Waals surface area contributed by atoms with Crippen LogP contribution in [0.5, 0.6) is 11.5 Å². The van der Waals surface area contributed by atoms with Crippen molar-refractivity contribution in [3.63, 3.8) is 0 Å². The number of morpholine rings is 1. The molecule has 0 aliphatic carbocycles. The molecule has 1 aromatic carbocycles. The van der Waals surface area contributed by atoms with Crippen molar-refractivity contribution in [2.75, 3.05) is 26.2 Å². The lowest BCUT2D eigenvalue weighted by Gasteiger charge is -2.45. The van der Waals surface area contributed by atoms with Crippen molar-refractivity contribution >= 4 is 5.91 Å². The van der Waals surface area contributed by atoms with Crippen LogP contribution in [0.3, 0.4) is 0 Å². The topological polar surface area (TPSA) is 71.0 Å². The number of aromatic hydroxyl groups is 1. The fourth-order valence-corrected chi connectivity index (χ4v) is 2.87. The SMILES string of the molecule is CC1CN(C(C)(C)CNC(=O)COc2ccccc2O)CC(C)O1. The summed E-state index contributed by atoms with van der Waals surface area (Å²) in [7, 11) is 0. The lowest BCUT2D eigenvalue weighted by molar-refractivity contribution is -0.124. The lowest BCUT2D eigenvalue weighted by atomic mass is 10.00. The maximum absolute atomic E-state index is 12.0. The van der Waals surface area contributed by atoms with Gasteiger partial charge in [0, 0.05) is 25.2 Å². The van der Waals surface area contributed by atoms with Crippen molar-refractivity contribution in [1.82, 2.24) is 10.2 Å². The standard InChI is InChI=1S/C18H28N2O4/c1-13-9-20(10-14(2)24-13)18(3,4)12-19-17(22)11-23-16-8-6-5-7-15(16)21/h5-8,13-14,21H,9-12H2,1-4H3,(H,19,22). The van der Waals surface area contributed by atoms with Crippen molar-refractivity contribution in [3.8, 4) is 11.5 Å². The van der Waals surface area contributed by atoms with Crippen LogP contribution in [0.2, 0.25) is 0 Å². The molecule has 6 nitrogen and oxygen atoms in total. The van der Waals surface area contributed by atoms with Gasteiger partial charge in [0.1, 0.15) is 0 Å². The third-order valence-corrected chi connectivity index (χ3v) is 4.22. The Morgan fingerprint density at radius 2 is 1.96 bits per heavy atom. The number of para-hydroxylation sites is 2. The van der Waals surface area contributed by atoms with Gasteiger partial charge < -0.3 is 19.9 Å². The number of ether oxygens (including phenoxy) is 2. The molecule has 1 amide bonds. The number of hydrogen-bond acceptors (Lipinski definition) is 5. The van der Waals surface area contributed by atoms with Gasteiger partial charge in [-0.05, 0) is 39.8 Å². The summed E-state index contributed by atoms with van der Waals surface area (Å²) in [4.78, 5) is 14.4. The number of amides is 1. The van der Waals surface area contributed by atoms with Crippen molar-refractivity contribution < 1.29 is 19.4 Å². The summed E-state index contributed by atoms with van der Waals surface area (Å²) in [5.41, 5.74) is -0.170. The Labute approximate surface area is 143 Å². The second-order valence-electron chi connectivity index (χ2n) is 7.01. The second-order valence-corrected chi connectivity index (χ2v) is 7.01. The third-order valence-electron chi connectivity index (χ3n) is 4.22. The van der Waals surface area contributed by atoms with E-state index in [0.29, 0.717) is 12.3 Å². The van der Waals surface area contributed by atoms with Crippen LogP contribution in [0.1, 0.15) is 27.7 Å². The van der Waals surface area contributed by atoms with Crippen LogP contribution in [-0.2, 0) is 9.53 Å². The summed E-state index contributed by atoms with van der Waals surface area (Å²) >= 11 is 0. The highest BCUT2D eigenvalue weighted by molar-refractivity contribution is 5.77. The first-order chi connectivity index (χ1) is 11.3. The molecule has 2 N–H and O–H groups in total. The Kier molecular flexibility index (Phi) is 6.07. The van der Waals surface area contributed by atoms with E-state index in [4.69, 9.17) is 9.47 Å². The third kappa shape index (κ3) is 5.11. The molecule has 0 spiro atoms. The summed E-state index contributed by atoms with van der Waals surface area (Å²) in [5, 5.41) is 12.5. The second kappa shape index (κ2) is 7.85. The number of phenols is 1. The molecule has 2 unspecified atom stereocenters. The molecule has 1 saturated heterocycles. The molecule has 0 aromatic heterocycles. The molecular formula is C18H28N2O4. The van der Waals surface area contributed by atoms with E-state index in [-0.39, 0.29) is 36.0 Å². The Morgan fingerprint density at radius 1 is 1.33 bits per heavy atom. The molecule has 24 heavy (non-hydrogen) atoms. The molecular weight excluding hydrogens is 308 g/mol. The predicted octanol–water partition coefficient (Wildman–Crippen LogP) is 1.77. The average molecular weight is 336 g/mol. The van der Waals surface area contributed by atoms with E-state index < -0.39 is 0 Å². The number of nitrogens with one attached hydrogen (secondary N) is 1. The summed E-state index contributed by atoms with van der Waals surface area (Å²) in [6.07, 6.45) is 0.376. The number of carbonyl (C=O) groups excluding carboxylic acids is 1. The molecule has 1 fully saturated rings. The fourth-order valence-electron chi connectivity index (χ4n) is 2.87. The first kappa shape index (κ1) is 18.5.